The lowest BCUT2D eigenvalue weighted by Gasteiger charge is -2.02. The molecule has 94 valence electrons. The van der Waals surface area contributed by atoms with Crippen LogP contribution in [-0.2, 0) is 11.3 Å². The number of nitrogens with one attached hydrogen (secondary N) is 1. The molecule has 2 heterocycles. The maximum absolute atomic E-state index is 11.9. The number of primary amides is 1. The molecule has 2 aromatic rings. The number of amides is 2. The van der Waals surface area contributed by atoms with Gasteiger partial charge in [-0.25, -0.2) is 14.2 Å². The van der Waals surface area contributed by atoms with Crippen molar-refractivity contribution in [2.24, 2.45) is 5.73 Å². The summed E-state index contributed by atoms with van der Waals surface area (Å²) in [5.74, 6) is -1.21. The van der Waals surface area contributed by atoms with E-state index < -0.39 is 17.5 Å². The van der Waals surface area contributed by atoms with E-state index in [4.69, 9.17) is 5.73 Å². The van der Waals surface area contributed by atoms with Crippen molar-refractivity contribution in [3.63, 3.8) is 0 Å². The number of carbonyl (C=O) groups excluding carboxylic acids is 2. The van der Waals surface area contributed by atoms with Crippen LogP contribution in [-0.4, -0.2) is 43.2 Å². The summed E-state index contributed by atoms with van der Waals surface area (Å²) >= 11 is 0. The molecular formula is C8H9N7O3. The lowest BCUT2D eigenvalue weighted by Crippen LogP contribution is -2.35. The van der Waals surface area contributed by atoms with Crippen molar-refractivity contribution in [3.05, 3.63) is 22.5 Å². The fourth-order valence-corrected chi connectivity index (χ4v) is 1.32. The topological polar surface area (TPSA) is 137 Å². The van der Waals surface area contributed by atoms with E-state index in [1.165, 1.54) is 7.05 Å². The highest BCUT2D eigenvalue weighted by Crippen LogP contribution is 2.00. The minimum Gasteiger partial charge on any atom is -0.364 e. The summed E-state index contributed by atoms with van der Waals surface area (Å²) in [5.41, 5.74) is 4.24. The number of nitrogens with two attached hydrogens (primary N) is 1. The first-order chi connectivity index (χ1) is 8.54. The second kappa shape index (κ2) is 4.24. The molecule has 0 saturated carbocycles. The summed E-state index contributed by atoms with van der Waals surface area (Å²) in [7, 11) is 1.43. The molecule has 0 radical (unpaired) electrons. The average molecular weight is 251 g/mol. The van der Waals surface area contributed by atoms with Crippen LogP contribution in [0.3, 0.4) is 0 Å². The van der Waals surface area contributed by atoms with Crippen LogP contribution in [0.25, 0.3) is 5.65 Å². The molecule has 18 heavy (non-hydrogen) atoms. The van der Waals surface area contributed by atoms with Crippen molar-refractivity contribution in [1.82, 2.24) is 29.7 Å². The minimum absolute atomic E-state index is 0.0411. The Balaban J connectivity index is 2.56. The largest absolute Gasteiger partial charge is 0.364 e. The third kappa shape index (κ3) is 1.79. The molecule has 0 atom stereocenters. The average Bonchev–Trinajstić information content (AvgIpc) is 2.77. The van der Waals surface area contributed by atoms with Gasteiger partial charge < -0.3 is 11.1 Å². The lowest BCUT2D eigenvalue weighted by molar-refractivity contribution is -0.121. The summed E-state index contributed by atoms with van der Waals surface area (Å²) in [4.78, 5) is 37.7. The zero-order chi connectivity index (χ0) is 13.3. The maximum Gasteiger partial charge on any atom is 0.353 e. The first kappa shape index (κ1) is 11.7. The molecule has 0 bridgehead atoms. The predicted molar refractivity (Wildman–Crippen MR) is 57.6 cm³/mol. The van der Waals surface area contributed by atoms with Gasteiger partial charge in [-0.05, 0) is 0 Å². The highest BCUT2D eigenvalue weighted by atomic mass is 16.2. The Labute approximate surface area is 99.4 Å². The Bertz CT molecular complexity index is 686. The number of carbonyl (C=O) groups is 2. The summed E-state index contributed by atoms with van der Waals surface area (Å²) in [6, 6.07) is 0. The van der Waals surface area contributed by atoms with Crippen molar-refractivity contribution in [2.45, 2.75) is 6.54 Å². The van der Waals surface area contributed by atoms with E-state index in [2.05, 4.69) is 20.6 Å². The third-order valence-corrected chi connectivity index (χ3v) is 2.22. The molecule has 0 saturated heterocycles. The molecule has 10 nitrogen and oxygen atoms in total. The van der Waals surface area contributed by atoms with Gasteiger partial charge >= 0.3 is 5.69 Å². The van der Waals surface area contributed by atoms with Crippen LogP contribution in [0.15, 0.2) is 11.1 Å². The SMILES string of the molecule is CNC(=O)Cn1nnc2c(C(N)=O)ncn2c1=O. The molecule has 2 aromatic heterocycles. The molecule has 0 aliphatic carbocycles. The first-order valence-electron chi connectivity index (χ1n) is 4.86. The van der Waals surface area contributed by atoms with Crippen LogP contribution in [0.1, 0.15) is 10.5 Å². The number of imidazole rings is 1. The van der Waals surface area contributed by atoms with Gasteiger partial charge in [-0.15, -0.1) is 5.10 Å². The van der Waals surface area contributed by atoms with Gasteiger partial charge in [0.15, 0.2) is 11.3 Å². The van der Waals surface area contributed by atoms with E-state index >= 15 is 0 Å². The standard InChI is InChI=1S/C8H9N7O3/c1-10-4(16)2-15-8(18)14-3-11-5(6(9)17)7(14)12-13-15/h3H,2H2,1H3,(H2,9,17)(H,10,16). The van der Waals surface area contributed by atoms with Crippen molar-refractivity contribution in [1.29, 1.82) is 0 Å². The number of nitrogens with zero attached hydrogens (tertiary/aromatic N) is 5. The summed E-state index contributed by atoms with van der Waals surface area (Å²) in [6.45, 7) is -0.275. The molecule has 10 heteroatoms. The Morgan fingerprint density at radius 2 is 2.22 bits per heavy atom. The van der Waals surface area contributed by atoms with Gasteiger partial charge in [0.1, 0.15) is 12.9 Å². The second-order valence-corrected chi connectivity index (χ2v) is 3.35. The van der Waals surface area contributed by atoms with Crippen LogP contribution in [0, 0.1) is 0 Å². The number of fused-ring (bicyclic) bond motifs is 1. The Morgan fingerprint density at radius 3 is 2.83 bits per heavy atom. The Kier molecular flexibility index (Phi) is 2.75. The maximum atomic E-state index is 11.9. The number of likely N-dealkylation sites (N-methyl/N-ethyl adjacent to an activating group) is 1. The number of hydrogen-bond donors (Lipinski definition) is 2. The van der Waals surface area contributed by atoms with Gasteiger partial charge in [0.05, 0.1) is 0 Å². The van der Waals surface area contributed by atoms with Crippen LogP contribution in [0.2, 0.25) is 0 Å². The van der Waals surface area contributed by atoms with Crippen molar-refractivity contribution < 1.29 is 9.59 Å². The van der Waals surface area contributed by atoms with Gasteiger partial charge in [0.25, 0.3) is 5.91 Å². The molecule has 2 rings (SSSR count). The number of aromatic nitrogens is 5. The normalized spacial score (nSPS) is 10.5. The zero-order valence-electron chi connectivity index (χ0n) is 9.32. The molecule has 0 aromatic carbocycles. The van der Waals surface area contributed by atoms with Crippen molar-refractivity contribution in [3.8, 4) is 0 Å². The number of rotatable bonds is 3. The Morgan fingerprint density at radius 1 is 1.50 bits per heavy atom. The lowest BCUT2D eigenvalue weighted by atomic mass is 10.4. The highest BCUT2D eigenvalue weighted by molar-refractivity contribution is 5.96. The van der Waals surface area contributed by atoms with Gasteiger partial charge in [0.2, 0.25) is 5.91 Å². The van der Waals surface area contributed by atoms with E-state index in [1.807, 2.05) is 0 Å². The highest BCUT2D eigenvalue weighted by Gasteiger charge is 2.15. The number of hydrogen-bond acceptors (Lipinski definition) is 6. The summed E-state index contributed by atoms with van der Waals surface area (Å²) in [6.07, 6.45) is 1.10. The van der Waals surface area contributed by atoms with Crippen molar-refractivity contribution >= 4 is 17.5 Å². The van der Waals surface area contributed by atoms with Crippen LogP contribution >= 0.6 is 0 Å². The van der Waals surface area contributed by atoms with Gasteiger partial charge in [-0.1, -0.05) is 5.21 Å². The smallest absolute Gasteiger partial charge is 0.353 e. The molecule has 2 amide bonds. The van der Waals surface area contributed by atoms with Crippen LogP contribution in [0.5, 0.6) is 0 Å². The van der Waals surface area contributed by atoms with E-state index in [-0.39, 0.29) is 17.9 Å². The Hall–Kier alpha value is -2.78. The molecule has 0 unspecified atom stereocenters. The fourth-order valence-electron chi connectivity index (χ4n) is 1.32. The summed E-state index contributed by atoms with van der Waals surface area (Å²) < 4.78 is 1.84. The quantitative estimate of drug-likeness (QED) is 0.601. The summed E-state index contributed by atoms with van der Waals surface area (Å²) in [5, 5.41) is 9.52. The molecule has 3 N–H and O–H groups in total. The van der Waals surface area contributed by atoms with Crippen LogP contribution < -0.4 is 16.7 Å². The van der Waals surface area contributed by atoms with Gasteiger partial charge in [0, 0.05) is 7.05 Å². The van der Waals surface area contributed by atoms with Crippen LogP contribution in [0.4, 0.5) is 0 Å². The monoisotopic (exact) mass is 251 g/mol. The first-order valence-corrected chi connectivity index (χ1v) is 4.86. The van der Waals surface area contributed by atoms with Gasteiger partial charge in [-0.3, -0.25) is 9.59 Å². The molecular weight excluding hydrogens is 242 g/mol. The molecule has 0 aliphatic heterocycles. The van der Waals surface area contributed by atoms with Crippen molar-refractivity contribution in [2.75, 3.05) is 7.05 Å². The minimum atomic E-state index is -0.810. The second-order valence-electron chi connectivity index (χ2n) is 3.35. The van der Waals surface area contributed by atoms with E-state index in [0.717, 1.165) is 15.4 Å². The van der Waals surface area contributed by atoms with E-state index in [0.29, 0.717) is 0 Å². The fraction of sp³-hybridized carbons (Fsp3) is 0.250. The van der Waals surface area contributed by atoms with E-state index in [1.54, 1.807) is 0 Å². The zero-order valence-corrected chi connectivity index (χ0v) is 9.32. The molecule has 0 spiro atoms. The van der Waals surface area contributed by atoms with Gasteiger partial charge in [-0.2, -0.15) is 4.68 Å². The molecule has 0 fully saturated rings. The van der Waals surface area contributed by atoms with E-state index in [9.17, 15) is 14.4 Å². The predicted octanol–water partition coefficient (Wildman–Crippen LogP) is -2.87. The molecule has 0 aliphatic rings. The third-order valence-electron chi connectivity index (χ3n) is 2.22.